The number of nitrogens with one attached hydrogen (secondary N) is 1. The summed E-state index contributed by atoms with van der Waals surface area (Å²) in [7, 11) is -2.25. The Hall–Kier alpha value is -3.21. The number of sulfonamides is 1. The maximum absolute atomic E-state index is 13.0. The highest BCUT2D eigenvalue weighted by Gasteiger charge is 2.27. The second kappa shape index (κ2) is 10.4. The second-order valence-electron chi connectivity index (χ2n) is 7.91. The summed E-state index contributed by atoms with van der Waals surface area (Å²) in [6.45, 7) is 3.29. The van der Waals surface area contributed by atoms with E-state index in [1.807, 2.05) is 31.2 Å². The predicted molar refractivity (Wildman–Crippen MR) is 126 cm³/mol. The Bertz CT molecular complexity index is 1250. The lowest BCUT2D eigenvalue weighted by Gasteiger charge is -2.26. The van der Waals surface area contributed by atoms with Gasteiger partial charge in [-0.2, -0.15) is 4.31 Å². The van der Waals surface area contributed by atoms with Crippen LogP contribution in [0.5, 0.6) is 5.75 Å². The van der Waals surface area contributed by atoms with Gasteiger partial charge in [-0.3, -0.25) is 4.79 Å². The van der Waals surface area contributed by atoms with Gasteiger partial charge in [0.25, 0.3) is 0 Å². The van der Waals surface area contributed by atoms with Gasteiger partial charge in [0.15, 0.2) is 11.7 Å². The van der Waals surface area contributed by atoms with Gasteiger partial charge in [0, 0.05) is 31.5 Å². The summed E-state index contributed by atoms with van der Waals surface area (Å²) in [4.78, 5) is 17.0. The largest absolute Gasteiger partial charge is 0.495 e. The lowest BCUT2D eigenvalue weighted by molar-refractivity contribution is -0.116. The van der Waals surface area contributed by atoms with Crippen molar-refractivity contribution in [1.29, 1.82) is 0 Å². The fourth-order valence-electron chi connectivity index (χ4n) is 3.59. The Kier molecular flexibility index (Phi) is 7.30. The maximum Gasteiger partial charge on any atom is 0.243 e. The van der Waals surface area contributed by atoms with Gasteiger partial charge in [0.05, 0.1) is 37.1 Å². The van der Waals surface area contributed by atoms with Crippen LogP contribution in [0.3, 0.4) is 0 Å². The van der Waals surface area contributed by atoms with Gasteiger partial charge in [-0.1, -0.05) is 29.8 Å². The predicted octanol–water partition coefficient (Wildman–Crippen LogP) is 3.25. The van der Waals surface area contributed by atoms with E-state index in [1.54, 1.807) is 6.20 Å². The minimum absolute atomic E-state index is 0.0842. The smallest absolute Gasteiger partial charge is 0.243 e. The van der Waals surface area contributed by atoms with Crippen molar-refractivity contribution in [3.8, 4) is 17.1 Å². The number of morpholine rings is 1. The van der Waals surface area contributed by atoms with E-state index < -0.39 is 10.0 Å². The first-order valence-electron chi connectivity index (χ1n) is 10.9. The molecular weight excluding hydrogens is 458 g/mol. The van der Waals surface area contributed by atoms with Crippen LogP contribution in [-0.2, 0) is 26.0 Å². The first kappa shape index (κ1) is 23.9. The highest BCUT2D eigenvalue weighted by Crippen LogP contribution is 2.29. The molecule has 180 valence electrons. The Morgan fingerprint density at radius 3 is 2.59 bits per heavy atom. The van der Waals surface area contributed by atoms with Crippen LogP contribution in [0.15, 0.2) is 58.0 Å². The number of benzene rings is 2. The third-order valence-corrected chi connectivity index (χ3v) is 7.40. The van der Waals surface area contributed by atoms with E-state index in [4.69, 9.17) is 13.9 Å². The molecule has 2 heterocycles. The molecule has 0 bridgehead atoms. The number of nitrogens with zero attached hydrogens (tertiary/aromatic N) is 2. The van der Waals surface area contributed by atoms with Crippen molar-refractivity contribution in [3.63, 3.8) is 0 Å². The number of methoxy groups -OCH3 is 1. The normalized spacial score (nSPS) is 14.6. The van der Waals surface area contributed by atoms with Crippen LogP contribution >= 0.6 is 0 Å². The standard InChI is InChI=1S/C24H27N3O6S/c1-17-3-5-18(6-4-17)22-16-25-24(33-22)10-9-23(28)26-20-15-19(7-8-21(20)31-2)34(29,30)27-11-13-32-14-12-27/h3-8,15-16H,9-14H2,1-2H3,(H,26,28). The van der Waals surface area contributed by atoms with E-state index in [0.717, 1.165) is 11.1 Å². The lowest BCUT2D eigenvalue weighted by Crippen LogP contribution is -2.40. The van der Waals surface area contributed by atoms with Crippen molar-refractivity contribution in [3.05, 3.63) is 60.1 Å². The number of rotatable bonds is 8. The number of carbonyl (C=O) groups excluding carboxylic acids is 1. The van der Waals surface area contributed by atoms with Crippen molar-refractivity contribution in [2.24, 2.45) is 0 Å². The molecule has 0 atom stereocenters. The van der Waals surface area contributed by atoms with Gasteiger partial charge in [0.2, 0.25) is 15.9 Å². The molecule has 0 unspecified atom stereocenters. The SMILES string of the molecule is COc1ccc(S(=O)(=O)N2CCOCC2)cc1NC(=O)CCc1ncc(-c2ccc(C)cc2)o1. The van der Waals surface area contributed by atoms with E-state index in [2.05, 4.69) is 10.3 Å². The van der Waals surface area contributed by atoms with Gasteiger partial charge in [-0.15, -0.1) is 0 Å². The quantitative estimate of drug-likeness (QED) is 0.521. The zero-order valence-electron chi connectivity index (χ0n) is 19.1. The van der Waals surface area contributed by atoms with Crippen LogP contribution in [0.25, 0.3) is 11.3 Å². The highest BCUT2D eigenvalue weighted by molar-refractivity contribution is 7.89. The second-order valence-corrected chi connectivity index (χ2v) is 9.85. The molecule has 3 aromatic rings. The molecule has 10 heteroatoms. The number of anilines is 1. The van der Waals surface area contributed by atoms with E-state index >= 15 is 0 Å². The van der Waals surface area contributed by atoms with Crippen molar-refractivity contribution < 1.29 is 27.1 Å². The molecule has 1 N–H and O–H groups in total. The van der Waals surface area contributed by atoms with E-state index in [9.17, 15) is 13.2 Å². The summed E-state index contributed by atoms with van der Waals surface area (Å²) in [5, 5.41) is 2.75. The Morgan fingerprint density at radius 1 is 1.15 bits per heavy atom. The van der Waals surface area contributed by atoms with Gasteiger partial charge in [-0.05, 0) is 25.1 Å². The number of aromatic nitrogens is 1. The van der Waals surface area contributed by atoms with Crippen LogP contribution in [0, 0.1) is 6.92 Å². The number of oxazole rings is 1. The van der Waals surface area contributed by atoms with Crippen molar-refractivity contribution in [2.45, 2.75) is 24.7 Å². The van der Waals surface area contributed by atoms with Crippen LogP contribution in [0.2, 0.25) is 0 Å². The van der Waals surface area contributed by atoms with Crippen LogP contribution in [0.4, 0.5) is 5.69 Å². The Labute approximate surface area is 198 Å². The number of carbonyl (C=O) groups is 1. The first-order valence-corrected chi connectivity index (χ1v) is 12.4. The monoisotopic (exact) mass is 485 g/mol. The number of amides is 1. The molecule has 9 nitrogen and oxygen atoms in total. The van der Waals surface area contributed by atoms with Crippen LogP contribution in [-0.4, -0.2) is 57.0 Å². The molecule has 0 aliphatic carbocycles. The third kappa shape index (κ3) is 5.46. The summed E-state index contributed by atoms with van der Waals surface area (Å²) >= 11 is 0. The third-order valence-electron chi connectivity index (χ3n) is 5.51. The first-order chi connectivity index (χ1) is 16.4. The molecule has 1 fully saturated rings. The number of hydrogen-bond donors (Lipinski definition) is 1. The van der Waals surface area contributed by atoms with Gasteiger partial charge >= 0.3 is 0 Å². The molecule has 1 saturated heterocycles. The zero-order chi connectivity index (χ0) is 24.1. The Morgan fingerprint density at radius 2 is 1.88 bits per heavy atom. The highest BCUT2D eigenvalue weighted by atomic mass is 32.2. The Balaban J connectivity index is 1.42. The molecule has 0 saturated carbocycles. The molecule has 4 rings (SSSR count). The van der Waals surface area contributed by atoms with Gasteiger partial charge in [0.1, 0.15) is 5.75 Å². The van der Waals surface area contributed by atoms with E-state index in [-0.39, 0.29) is 36.0 Å². The van der Waals surface area contributed by atoms with Crippen LogP contribution < -0.4 is 10.1 Å². The van der Waals surface area contributed by atoms with Gasteiger partial charge in [-0.25, -0.2) is 13.4 Å². The molecule has 34 heavy (non-hydrogen) atoms. The zero-order valence-corrected chi connectivity index (χ0v) is 19.9. The van der Waals surface area contributed by atoms with Crippen molar-refractivity contribution in [1.82, 2.24) is 9.29 Å². The fourth-order valence-corrected chi connectivity index (χ4v) is 5.03. The van der Waals surface area contributed by atoms with E-state index in [0.29, 0.717) is 37.0 Å². The van der Waals surface area contributed by atoms with Crippen molar-refractivity contribution in [2.75, 3.05) is 38.7 Å². The summed E-state index contributed by atoms with van der Waals surface area (Å²) in [6.07, 6.45) is 2.05. The fraction of sp³-hybridized carbons (Fsp3) is 0.333. The molecule has 1 aliphatic heterocycles. The topological polar surface area (TPSA) is 111 Å². The summed E-state index contributed by atoms with van der Waals surface area (Å²) in [5.74, 6) is 1.14. The molecular formula is C24H27N3O6S. The molecule has 1 aromatic heterocycles. The average Bonchev–Trinajstić information content (AvgIpc) is 3.33. The number of aryl methyl sites for hydroxylation is 2. The molecule has 1 aliphatic rings. The molecule has 0 radical (unpaired) electrons. The average molecular weight is 486 g/mol. The molecule has 0 spiro atoms. The molecule has 2 aromatic carbocycles. The summed E-state index contributed by atoms with van der Waals surface area (Å²) in [6, 6.07) is 12.3. The summed E-state index contributed by atoms with van der Waals surface area (Å²) in [5.41, 5.74) is 2.35. The van der Waals surface area contributed by atoms with Crippen LogP contribution in [0.1, 0.15) is 17.9 Å². The van der Waals surface area contributed by atoms with E-state index in [1.165, 1.54) is 29.6 Å². The van der Waals surface area contributed by atoms with Crippen molar-refractivity contribution >= 4 is 21.6 Å². The maximum atomic E-state index is 13.0. The number of ether oxygens (including phenoxy) is 2. The lowest BCUT2D eigenvalue weighted by atomic mass is 10.1. The minimum Gasteiger partial charge on any atom is -0.495 e. The van der Waals surface area contributed by atoms with Gasteiger partial charge < -0.3 is 19.2 Å². The number of hydrogen-bond acceptors (Lipinski definition) is 7. The summed E-state index contributed by atoms with van der Waals surface area (Å²) < 4.78 is 43.6. The minimum atomic E-state index is -3.71. The molecule has 1 amide bonds.